The predicted molar refractivity (Wildman–Crippen MR) is 71.7 cm³/mol. The fourth-order valence-corrected chi connectivity index (χ4v) is 2.54. The Balaban J connectivity index is 2.67. The molecule has 0 spiro atoms. The molecule has 0 radical (unpaired) electrons. The molecule has 0 aromatic heterocycles. The van der Waals surface area contributed by atoms with E-state index in [1.165, 1.54) is 20.0 Å². The highest BCUT2D eigenvalue weighted by molar-refractivity contribution is 6.03. The molecule has 0 saturated heterocycles. The van der Waals surface area contributed by atoms with Gasteiger partial charge in [-0.2, -0.15) is 0 Å². The van der Waals surface area contributed by atoms with Crippen molar-refractivity contribution in [2.75, 3.05) is 26.8 Å². The second-order valence-electron chi connectivity index (χ2n) is 5.67. The number of ether oxygens (including phenoxy) is 1. The summed E-state index contributed by atoms with van der Waals surface area (Å²) in [5.41, 5.74) is -1.12. The van der Waals surface area contributed by atoms with Gasteiger partial charge >= 0.3 is 5.97 Å². The Hall–Kier alpha value is -0.940. The van der Waals surface area contributed by atoms with E-state index in [4.69, 9.17) is 5.11 Å². The highest BCUT2D eigenvalue weighted by atomic mass is 16.5. The summed E-state index contributed by atoms with van der Waals surface area (Å²) in [4.78, 5) is 25.9. The Labute approximate surface area is 114 Å². The first-order valence-electron chi connectivity index (χ1n) is 6.90. The van der Waals surface area contributed by atoms with E-state index in [0.29, 0.717) is 12.6 Å². The normalized spacial score (nSPS) is 16.9. The van der Waals surface area contributed by atoms with Crippen molar-refractivity contribution in [1.29, 1.82) is 0 Å². The Morgan fingerprint density at radius 2 is 1.89 bits per heavy atom. The molecule has 1 rings (SSSR count). The molecule has 0 heterocycles. The molecule has 0 unspecified atom stereocenters. The Morgan fingerprint density at radius 1 is 1.32 bits per heavy atom. The molecule has 0 amide bonds. The van der Waals surface area contributed by atoms with Crippen LogP contribution in [0.4, 0.5) is 0 Å². The topological polar surface area (TPSA) is 66.8 Å². The zero-order chi connectivity index (χ0) is 14.5. The minimum Gasteiger partial charge on any atom is -0.468 e. The van der Waals surface area contributed by atoms with Crippen molar-refractivity contribution in [3.63, 3.8) is 0 Å². The van der Waals surface area contributed by atoms with Gasteiger partial charge in [-0.15, -0.1) is 0 Å². The lowest BCUT2D eigenvalue weighted by Crippen LogP contribution is -2.45. The number of ketones is 1. The van der Waals surface area contributed by atoms with Crippen LogP contribution in [0.25, 0.3) is 0 Å². The summed E-state index contributed by atoms with van der Waals surface area (Å²) in [6.45, 7) is 3.89. The number of hydrogen-bond acceptors (Lipinski definition) is 5. The third kappa shape index (κ3) is 4.01. The number of rotatable bonds is 7. The van der Waals surface area contributed by atoms with Gasteiger partial charge in [0.1, 0.15) is 5.41 Å². The average molecular weight is 271 g/mol. The number of methoxy groups -OCH3 is 1. The molecule has 0 aliphatic heterocycles. The lowest BCUT2D eigenvalue weighted by molar-refractivity contribution is -0.156. The molecule has 1 fully saturated rings. The van der Waals surface area contributed by atoms with Crippen LogP contribution < -0.4 is 0 Å². The molecule has 0 bridgehead atoms. The number of Topliss-reactive ketones (excluding diaryl/α,β-unsaturated/α-hetero) is 1. The van der Waals surface area contributed by atoms with E-state index in [0.717, 1.165) is 12.8 Å². The molecule has 19 heavy (non-hydrogen) atoms. The van der Waals surface area contributed by atoms with Gasteiger partial charge < -0.3 is 9.84 Å². The first kappa shape index (κ1) is 16.1. The monoisotopic (exact) mass is 271 g/mol. The second-order valence-corrected chi connectivity index (χ2v) is 5.67. The third-order valence-electron chi connectivity index (χ3n) is 3.97. The van der Waals surface area contributed by atoms with E-state index in [1.807, 2.05) is 4.90 Å². The predicted octanol–water partition coefficient (Wildman–Crippen LogP) is 0.992. The van der Waals surface area contributed by atoms with Gasteiger partial charge in [0.15, 0.2) is 5.78 Å². The molecule has 0 aromatic carbocycles. The van der Waals surface area contributed by atoms with Gasteiger partial charge in [-0.05, 0) is 26.7 Å². The maximum Gasteiger partial charge on any atom is 0.318 e. The molecule has 1 aliphatic carbocycles. The van der Waals surface area contributed by atoms with Crippen LogP contribution in [0.3, 0.4) is 0 Å². The maximum absolute atomic E-state index is 12.3. The number of aliphatic hydroxyl groups excluding tert-OH is 1. The minimum absolute atomic E-state index is 0.0302. The Kier molecular flexibility index (Phi) is 5.94. The van der Waals surface area contributed by atoms with Crippen LogP contribution >= 0.6 is 0 Å². The van der Waals surface area contributed by atoms with E-state index >= 15 is 0 Å². The van der Waals surface area contributed by atoms with Crippen LogP contribution in [-0.4, -0.2) is 54.6 Å². The lowest BCUT2D eigenvalue weighted by atomic mass is 9.87. The van der Waals surface area contributed by atoms with Crippen molar-refractivity contribution < 1.29 is 19.4 Å². The van der Waals surface area contributed by atoms with Gasteiger partial charge in [-0.25, -0.2) is 0 Å². The number of nitrogens with zero attached hydrogens (tertiary/aromatic N) is 1. The van der Waals surface area contributed by atoms with Crippen molar-refractivity contribution in [3.8, 4) is 0 Å². The SMILES string of the molecule is COC(=O)C(C)(C)C(=O)CN(CCO)C1CCCC1. The molecule has 1 N–H and O–H groups in total. The first-order valence-corrected chi connectivity index (χ1v) is 6.90. The standard InChI is InChI=1S/C14H25NO4/c1-14(2,13(18)19-3)12(17)10-15(8-9-16)11-6-4-5-7-11/h11,16H,4-10H2,1-3H3. The number of hydrogen-bond donors (Lipinski definition) is 1. The van der Waals surface area contributed by atoms with E-state index in [2.05, 4.69) is 4.74 Å². The van der Waals surface area contributed by atoms with Gasteiger partial charge in [-0.1, -0.05) is 12.8 Å². The summed E-state index contributed by atoms with van der Waals surface area (Å²) >= 11 is 0. The molecule has 0 atom stereocenters. The maximum atomic E-state index is 12.3. The van der Waals surface area contributed by atoms with Gasteiger partial charge in [-0.3, -0.25) is 14.5 Å². The van der Waals surface area contributed by atoms with Gasteiger partial charge in [0.2, 0.25) is 0 Å². The van der Waals surface area contributed by atoms with Gasteiger partial charge in [0.25, 0.3) is 0 Å². The highest BCUT2D eigenvalue weighted by Crippen LogP contribution is 2.25. The summed E-state index contributed by atoms with van der Waals surface area (Å²) in [5, 5.41) is 9.12. The molecular formula is C14H25NO4. The number of esters is 1. The van der Waals surface area contributed by atoms with Crippen molar-refractivity contribution in [3.05, 3.63) is 0 Å². The molecule has 5 heteroatoms. The Bertz CT molecular complexity index is 321. The van der Waals surface area contributed by atoms with Crippen molar-refractivity contribution in [1.82, 2.24) is 4.90 Å². The van der Waals surface area contributed by atoms with E-state index in [9.17, 15) is 9.59 Å². The molecule has 1 aliphatic rings. The van der Waals surface area contributed by atoms with E-state index < -0.39 is 11.4 Å². The first-order chi connectivity index (χ1) is 8.93. The van der Waals surface area contributed by atoms with Crippen LogP contribution in [0, 0.1) is 5.41 Å². The lowest BCUT2D eigenvalue weighted by Gasteiger charge is -2.30. The van der Waals surface area contributed by atoms with Crippen molar-refractivity contribution in [2.45, 2.75) is 45.6 Å². The quantitative estimate of drug-likeness (QED) is 0.552. The fourth-order valence-electron chi connectivity index (χ4n) is 2.54. The summed E-state index contributed by atoms with van der Waals surface area (Å²) in [6, 6.07) is 0.351. The van der Waals surface area contributed by atoms with E-state index in [1.54, 1.807) is 13.8 Å². The smallest absolute Gasteiger partial charge is 0.318 e. The fraction of sp³-hybridized carbons (Fsp3) is 0.857. The van der Waals surface area contributed by atoms with Crippen LogP contribution in [0.1, 0.15) is 39.5 Å². The molecule has 5 nitrogen and oxygen atoms in total. The summed E-state index contributed by atoms with van der Waals surface area (Å²) in [5.74, 6) is -0.660. The van der Waals surface area contributed by atoms with E-state index in [-0.39, 0.29) is 18.9 Å². The summed E-state index contributed by atoms with van der Waals surface area (Å²) in [7, 11) is 1.29. The number of carbonyl (C=O) groups excluding carboxylic acids is 2. The summed E-state index contributed by atoms with van der Waals surface area (Å²) in [6.07, 6.45) is 4.46. The van der Waals surface area contributed by atoms with Crippen LogP contribution in [0.15, 0.2) is 0 Å². The number of aliphatic hydroxyl groups is 1. The highest BCUT2D eigenvalue weighted by Gasteiger charge is 2.38. The third-order valence-corrected chi connectivity index (χ3v) is 3.97. The van der Waals surface area contributed by atoms with Crippen LogP contribution in [0.5, 0.6) is 0 Å². The largest absolute Gasteiger partial charge is 0.468 e. The Morgan fingerprint density at radius 3 is 2.37 bits per heavy atom. The van der Waals surface area contributed by atoms with Crippen LogP contribution in [0.2, 0.25) is 0 Å². The van der Waals surface area contributed by atoms with Gasteiger partial charge in [0.05, 0.1) is 20.3 Å². The molecule has 0 aromatic rings. The second kappa shape index (κ2) is 7.01. The average Bonchev–Trinajstić information content (AvgIpc) is 2.90. The zero-order valence-corrected chi connectivity index (χ0v) is 12.1. The zero-order valence-electron chi connectivity index (χ0n) is 12.1. The molecular weight excluding hydrogens is 246 g/mol. The minimum atomic E-state index is -1.12. The van der Waals surface area contributed by atoms with Gasteiger partial charge in [0, 0.05) is 12.6 Å². The number of carbonyl (C=O) groups is 2. The van der Waals surface area contributed by atoms with Crippen molar-refractivity contribution >= 4 is 11.8 Å². The van der Waals surface area contributed by atoms with Crippen LogP contribution in [-0.2, 0) is 14.3 Å². The van der Waals surface area contributed by atoms with Crippen molar-refractivity contribution in [2.24, 2.45) is 5.41 Å². The summed E-state index contributed by atoms with van der Waals surface area (Å²) < 4.78 is 4.68. The molecule has 1 saturated carbocycles. The molecule has 110 valence electrons.